The largest absolute Gasteiger partial charge is 0.476 e. The smallest absolute Gasteiger partial charge is 0.404 e. The summed E-state index contributed by atoms with van der Waals surface area (Å²) in [6, 6.07) is 0. The lowest BCUT2D eigenvalue weighted by Gasteiger charge is -2.64. The minimum absolute atomic E-state index is 0.0160. The molecule has 0 amide bonds. The molecular formula is C13H22BClO2. The average Bonchev–Trinajstić information content (AvgIpc) is 2.64. The van der Waals surface area contributed by atoms with E-state index in [-0.39, 0.29) is 24.1 Å². The normalized spacial score (nSPS) is 48.5. The first-order chi connectivity index (χ1) is 7.89. The molecule has 0 aromatic heterocycles. The summed E-state index contributed by atoms with van der Waals surface area (Å²) in [6.45, 7) is 9.07. The minimum atomic E-state index is -0.202. The molecule has 0 spiro atoms. The third-order valence-corrected chi connectivity index (χ3v) is 6.17. The molecule has 3 saturated carbocycles. The van der Waals surface area contributed by atoms with Crippen LogP contribution in [0.2, 0.25) is 0 Å². The van der Waals surface area contributed by atoms with Crippen molar-refractivity contribution in [2.24, 2.45) is 17.3 Å². The van der Waals surface area contributed by atoms with Gasteiger partial charge in [0, 0.05) is 0 Å². The Labute approximate surface area is 110 Å². The third kappa shape index (κ3) is 1.48. The lowest BCUT2D eigenvalue weighted by Crippen LogP contribution is -2.65. The molecule has 1 heterocycles. The van der Waals surface area contributed by atoms with Crippen LogP contribution in [0.1, 0.15) is 47.0 Å². The predicted molar refractivity (Wildman–Crippen MR) is 70.0 cm³/mol. The van der Waals surface area contributed by atoms with Gasteiger partial charge in [-0.2, -0.15) is 0 Å². The quantitative estimate of drug-likeness (QED) is 0.558. The van der Waals surface area contributed by atoms with Gasteiger partial charge in [-0.3, -0.25) is 0 Å². The zero-order valence-corrected chi connectivity index (χ0v) is 12.0. The van der Waals surface area contributed by atoms with Crippen molar-refractivity contribution in [1.29, 1.82) is 0 Å². The van der Waals surface area contributed by atoms with E-state index in [9.17, 15) is 0 Å². The van der Waals surface area contributed by atoms with Crippen LogP contribution in [0.15, 0.2) is 0 Å². The standard InChI is InChI=1S/C13H22BClO2/c1-5-11(15)14-16-10-7-8-6-9(12(8,2)3)13(10,4)17-14/h8-11H,5-7H2,1-4H3/t8?,9?,10?,11?,13-/m0/s1. The number of alkyl halides is 1. The van der Waals surface area contributed by atoms with Crippen LogP contribution in [0.4, 0.5) is 0 Å². The van der Waals surface area contributed by atoms with E-state index in [2.05, 4.69) is 27.7 Å². The Morgan fingerprint density at radius 1 is 1.35 bits per heavy atom. The van der Waals surface area contributed by atoms with Gasteiger partial charge >= 0.3 is 7.12 Å². The number of halogens is 1. The highest BCUT2D eigenvalue weighted by Crippen LogP contribution is 2.65. The molecular weight excluding hydrogens is 234 g/mol. The fraction of sp³-hybridized carbons (Fsp3) is 1.00. The van der Waals surface area contributed by atoms with E-state index in [0.717, 1.165) is 18.8 Å². The number of hydrogen-bond donors (Lipinski definition) is 0. The molecule has 1 aliphatic heterocycles. The maximum absolute atomic E-state index is 6.28. The monoisotopic (exact) mass is 256 g/mol. The fourth-order valence-electron chi connectivity index (χ4n) is 4.25. The summed E-state index contributed by atoms with van der Waals surface area (Å²) < 4.78 is 12.3. The molecule has 0 aromatic rings. The molecule has 0 N–H and O–H groups in total. The maximum atomic E-state index is 6.28. The first kappa shape index (κ1) is 12.3. The molecule has 4 fully saturated rings. The molecule has 17 heavy (non-hydrogen) atoms. The highest BCUT2D eigenvalue weighted by molar-refractivity contribution is 6.59. The van der Waals surface area contributed by atoms with Crippen LogP contribution in [-0.4, -0.2) is 24.1 Å². The average molecular weight is 257 g/mol. The van der Waals surface area contributed by atoms with Crippen molar-refractivity contribution in [2.45, 2.75) is 63.9 Å². The summed E-state index contributed by atoms with van der Waals surface area (Å²) in [5.74, 6) is 1.44. The topological polar surface area (TPSA) is 18.5 Å². The second-order valence-electron chi connectivity index (χ2n) is 6.76. The van der Waals surface area contributed by atoms with E-state index in [0.29, 0.717) is 11.3 Å². The minimum Gasteiger partial charge on any atom is -0.404 e. The molecule has 96 valence electrons. The summed E-state index contributed by atoms with van der Waals surface area (Å²) in [6.07, 6.45) is 3.60. The zero-order chi connectivity index (χ0) is 12.4. The Bertz CT molecular complexity index is 335. The van der Waals surface area contributed by atoms with Crippen molar-refractivity contribution < 1.29 is 9.31 Å². The van der Waals surface area contributed by atoms with Gasteiger partial charge in [0.25, 0.3) is 0 Å². The summed E-state index contributed by atoms with van der Waals surface area (Å²) in [5.41, 5.74) is 0.308. The molecule has 2 bridgehead atoms. The van der Waals surface area contributed by atoms with Crippen molar-refractivity contribution in [3.63, 3.8) is 0 Å². The highest BCUT2D eigenvalue weighted by atomic mass is 35.5. The summed E-state index contributed by atoms with van der Waals surface area (Å²) in [5, 5.41) is -0.0160. The zero-order valence-electron chi connectivity index (χ0n) is 11.2. The van der Waals surface area contributed by atoms with Gasteiger partial charge in [0.15, 0.2) is 0 Å². The predicted octanol–water partition coefficient (Wildman–Crippen LogP) is 3.27. The molecule has 4 aliphatic rings. The lowest BCUT2D eigenvalue weighted by molar-refractivity contribution is -0.199. The van der Waals surface area contributed by atoms with E-state index in [1.807, 2.05) is 0 Å². The van der Waals surface area contributed by atoms with Crippen LogP contribution in [0.3, 0.4) is 0 Å². The molecule has 2 nitrogen and oxygen atoms in total. The van der Waals surface area contributed by atoms with Crippen LogP contribution in [-0.2, 0) is 9.31 Å². The van der Waals surface area contributed by atoms with Crippen molar-refractivity contribution in [2.75, 3.05) is 0 Å². The van der Waals surface area contributed by atoms with Gasteiger partial charge in [-0.25, -0.2) is 0 Å². The Balaban J connectivity index is 1.82. The Kier molecular flexibility index (Phi) is 2.64. The Morgan fingerprint density at radius 3 is 2.65 bits per heavy atom. The molecule has 0 radical (unpaired) electrons. The molecule has 4 heteroatoms. The molecule has 4 unspecified atom stereocenters. The Hall–Kier alpha value is 0.275. The van der Waals surface area contributed by atoms with Gasteiger partial charge in [0.2, 0.25) is 0 Å². The van der Waals surface area contributed by atoms with Gasteiger partial charge in [-0.05, 0) is 43.4 Å². The number of rotatable bonds is 2. The van der Waals surface area contributed by atoms with Crippen LogP contribution in [0.25, 0.3) is 0 Å². The second kappa shape index (κ2) is 3.65. The van der Waals surface area contributed by atoms with Gasteiger partial charge in [0.05, 0.1) is 17.0 Å². The lowest BCUT2D eigenvalue weighted by atomic mass is 9.43. The van der Waals surface area contributed by atoms with Crippen LogP contribution in [0.5, 0.6) is 0 Å². The highest BCUT2D eigenvalue weighted by Gasteiger charge is 2.68. The van der Waals surface area contributed by atoms with Gasteiger partial charge < -0.3 is 9.31 Å². The van der Waals surface area contributed by atoms with E-state index < -0.39 is 0 Å². The molecule has 3 aliphatic carbocycles. The SMILES string of the molecule is CCC(Cl)B1OC2CC3CC(C3(C)C)[C@]2(C)O1. The van der Waals surface area contributed by atoms with Crippen molar-refractivity contribution >= 4 is 18.7 Å². The fourth-order valence-corrected chi connectivity index (χ4v) is 4.36. The van der Waals surface area contributed by atoms with Crippen molar-refractivity contribution in [1.82, 2.24) is 0 Å². The first-order valence-electron chi connectivity index (χ1n) is 6.87. The van der Waals surface area contributed by atoms with Crippen LogP contribution < -0.4 is 0 Å². The van der Waals surface area contributed by atoms with Crippen molar-refractivity contribution in [3.05, 3.63) is 0 Å². The first-order valence-corrected chi connectivity index (χ1v) is 7.30. The summed E-state index contributed by atoms with van der Waals surface area (Å²) in [4.78, 5) is 0. The van der Waals surface area contributed by atoms with E-state index in [1.54, 1.807) is 0 Å². The molecule has 1 saturated heterocycles. The van der Waals surface area contributed by atoms with E-state index in [1.165, 1.54) is 6.42 Å². The van der Waals surface area contributed by atoms with Crippen LogP contribution in [0, 0.1) is 17.3 Å². The van der Waals surface area contributed by atoms with Gasteiger partial charge in [-0.1, -0.05) is 20.8 Å². The van der Waals surface area contributed by atoms with Gasteiger partial charge in [0.1, 0.15) is 0 Å². The number of hydrogen-bond acceptors (Lipinski definition) is 2. The van der Waals surface area contributed by atoms with Crippen LogP contribution >= 0.6 is 11.6 Å². The molecule has 5 atom stereocenters. The summed E-state index contributed by atoms with van der Waals surface area (Å²) >= 11 is 6.28. The summed E-state index contributed by atoms with van der Waals surface area (Å²) in [7, 11) is -0.202. The van der Waals surface area contributed by atoms with E-state index in [4.69, 9.17) is 20.9 Å². The molecule has 0 aromatic carbocycles. The Morgan fingerprint density at radius 2 is 2.06 bits per heavy atom. The van der Waals surface area contributed by atoms with Crippen molar-refractivity contribution in [3.8, 4) is 0 Å². The molecule has 4 rings (SSSR count). The van der Waals surface area contributed by atoms with Gasteiger partial charge in [-0.15, -0.1) is 11.6 Å². The van der Waals surface area contributed by atoms with E-state index >= 15 is 0 Å². The third-order valence-electron chi connectivity index (χ3n) is 5.65. The maximum Gasteiger partial charge on any atom is 0.476 e. The second-order valence-corrected chi connectivity index (χ2v) is 7.32.